The Bertz CT molecular complexity index is 406. The molecule has 5 heteroatoms. The van der Waals surface area contributed by atoms with E-state index in [1.54, 1.807) is 13.0 Å². The first-order valence-electron chi connectivity index (χ1n) is 4.81. The molecule has 0 spiro atoms. The second kappa shape index (κ2) is 5.23. The molecule has 0 aliphatic rings. The van der Waals surface area contributed by atoms with Crippen molar-refractivity contribution in [1.82, 2.24) is 0 Å². The number of aliphatic carboxylic acids is 1. The highest BCUT2D eigenvalue weighted by Crippen LogP contribution is 2.32. The lowest BCUT2D eigenvalue weighted by molar-refractivity contribution is -0.138. The van der Waals surface area contributed by atoms with E-state index in [4.69, 9.17) is 10.8 Å². The van der Waals surface area contributed by atoms with Gasteiger partial charge in [0.2, 0.25) is 0 Å². The minimum atomic E-state index is -0.971. The number of carboxylic acids is 1. The third-order valence-corrected chi connectivity index (χ3v) is 3.25. The molecule has 0 saturated heterocycles. The van der Waals surface area contributed by atoms with Crippen molar-refractivity contribution < 1.29 is 15.0 Å². The van der Waals surface area contributed by atoms with E-state index in [0.29, 0.717) is 5.56 Å². The van der Waals surface area contributed by atoms with Crippen LogP contribution < -0.4 is 5.73 Å². The van der Waals surface area contributed by atoms with Crippen LogP contribution in [0.3, 0.4) is 0 Å². The van der Waals surface area contributed by atoms with Gasteiger partial charge in [0.05, 0.1) is 5.92 Å². The molecular formula is C11H15NO3S. The maximum Gasteiger partial charge on any atom is 0.312 e. The topological polar surface area (TPSA) is 83.5 Å². The third-order valence-electron chi connectivity index (χ3n) is 2.46. The van der Waals surface area contributed by atoms with Crippen molar-refractivity contribution in [3.63, 3.8) is 0 Å². The zero-order valence-corrected chi connectivity index (χ0v) is 10.0. The molecule has 4 nitrogen and oxygen atoms in total. The summed E-state index contributed by atoms with van der Waals surface area (Å²) in [5.74, 6) is -1.64. The van der Waals surface area contributed by atoms with Gasteiger partial charge in [-0.15, -0.1) is 11.8 Å². The van der Waals surface area contributed by atoms with Gasteiger partial charge in [0.15, 0.2) is 0 Å². The van der Waals surface area contributed by atoms with Crippen LogP contribution in [0.5, 0.6) is 5.75 Å². The zero-order chi connectivity index (χ0) is 12.3. The van der Waals surface area contributed by atoms with Gasteiger partial charge in [0.25, 0.3) is 0 Å². The Morgan fingerprint density at radius 3 is 2.62 bits per heavy atom. The largest absolute Gasteiger partial charge is 0.508 e. The molecule has 0 amide bonds. The fraction of sp³-hybridized carbons (Fsp3) is 0.364. The number of aryl methyl sites for hydroxylation is 1. The van der Waals surface area contributed by atoms with Crippen LogP contribution in [0.15, 0.2) is 17.0 Å². The molecule has 0 heterocycles. The smallest absolute Gasteiger partial charge is 0.312 e. The number of phenols is 1. The Balaban J connectivity index is 3.30. The third kappa shape index (κ3) is 2.48. The quantitative estimate of drug-likeness (QED) is 0.696. The highest BCUT2D eigenvalue weighted by atomic mass is 32.2. The van der Waals surface area contributed by atoms with E-state index in [0.717, 1.165) is 10.5 Å². The summed E-state index contributed by atoms with van der Waals surface area (Å²) < 4.78 is 0. The van der Waals surface area contributed by atoms with Gasteiger partial charge in [0, 0.05) is 11.4 Å². The van der Waals surface area contributed by atoms with Gasteiger partial charge in [0.1, 0.15) is 5.75 Å². The molecule has 4 N–H and O–H groups in total. The van der Waals surface area contributed by atoms with Crippen LogP contribution in [0, 0.1) is 6.92 Å². The maximum absolute atomic E-state index is 11.0. The van der Waals surface area contributed by atoms with Crippen LogP contribution in [0.2, 0.25) is 0 Å². The number of carbonyl (C=O) groups is 1. The van der Waals surface area contributed by atoms with E-state index in [9.17, 15) is 9.90 Å². The Hall–Kier alpha value is -1.20. The first-order valence-corrected chi connectivity index (χ1v) is 6.04. The van der Waals surface area contributed by atoms with Gasteiger partial charge in [-0.05, 0) is 36.4 Å². The molecule has 0 radical (unpaired) electrons. The fourth-order valence-electron chi connectivity index (χ4n) is 1.50. The number of nitrogens with two attached hydrogens (primary N) is 1. The number of phenolic OH excluding ortho intramolecular Hbond substituents is 1. The number of carboxylic acid groups (broad SMARTS) is 1. The predicted molar refractivity (Wildman–Crippen MR) is 64.1 cm³/mol. The molecule has 1 unspecified atom stereocenters. The van der Waals surface area contributed by atoms with Crippen LogP contribution in [0.25, 0.3) is 0 Å². The molecule has 0 aliphatic carbocycles. The normalized spacial score (nSPS) is 12.4. The van der Waals surface area contributed by atoms with Crippen molar-refractivity contribution in [2.75, 3.05) is 12.8 Å². The second-order valence-electron chi connectivity index (χ2n) is 3.51. The Kier molecular flexibility index (Phi) is 4.20. The molecule has 0 fully saturated rings. The molecule has 16 heavy (non-hydrogen) atoms. The zero-order valence-electron chi connectivity index (χ0n) is 9.23. The van der Waals surface area contributed by atoms with Gasteiger partial charge in [-0.3, -0.25) is 4.79 Å². The van der Waals surface area contributed by atoms with E-state index in [1.165, 1.54) is 17.8 Å². The van der Waals surface area contributed by atoms with Gasteiger partial charge in [-0.25, -0.2) is 0 Å². The first-order chi connectivity index (χ1) is 7.51. The average molecular weight is 241 g/mol. The van der Waals surface area contributed by atoms with Crippen molar-refractivity contribution in [3.05, 3.63) is 23.3 Å². The van der Waals surface area contributed by atoms with Gasteiger partial charge in [-0.1, -0.05) is 0 Å². The predicted octanol–water partition coefficient (Wildman–Crippen LogP) is 1.55. The van der Waals surface area contributed by atoms with Crippen LogP contribution in [-0.2, 0) is 4.79 Å². The lowest BCUT2D eigenvalue weighted by Crippen LogP contribution is -2.21. The Morgan fingerprint density at radius 1 is 1.56 bits per heavy atom. The minimum absolute atomic E-state index is 0.0192. The van der Waals surface area contributed by atoms with Crippen LogP contribution in [0.4, 0.5) is 0 Å². The number of hydrogen-bond donors (Lipinski definition) is 3. The molecule has 0 aromatic heterocycles. The molecule has 1 rings (SSSR count). The monoisotopic (exact) mass is 241 g/mol. The number of benzene rings is 1. The summed E-state index contributed by atoms with van der Waals surface area (Å²) in [5, 5.41) is 18.6. The van der Waals surface area contributed by atoms with E-state index >= 15 is 0 Å². The number of aromatic hydroxyl groups is 1. The summed E-state index contributed by atoms with van der Waals surface area (Å²) in [6.07, 6.45) is 1.87. The molecular weight excluding hydrogens is 226 g/mol. The van der Waals surface area contributed by atoms with Crippen LogP contribution in [-0.4, -0.2) is 29.0 Å². The Labute approximate surface area is 98.5 Å². The van der Waals surface area contributed by atoms with Crippen molar-refractivity contribution in [2.45, 2.75) is 17.7 Å². The summed E-state index contributed by atoms with van der Waals surface area (Å²) in [5.41, 5.74) is 6.75. The van der Waals surface area contributed by atoms with Crippen molar-refractivity contribution in [3.8, 4) is 5.75 Å². The summed E-state index contributed by atoms with van der Waals surface area (Å²) in [6.45, 7) is 1.79. The standard InChI is InChI=1S/C11H15NO3S/c1-6-3-10(16-2)7(4-9(6)13)8(5-12)11(14)15/h3-4,8,13H,5,12H2,1-2H3,(H,14,15). The van der Waals surface area contributed by atoms with E-state index in [2.05, 4.69) is 0 Å². The lowest BCUT2D eigenvalue weighted by Gasteiger charge is -2.15. The van der Waals surface area contributed by atoms with Gasteiger partial charge < -0.3 is 15.9 Å². The number of rotatable bonds is 4. The molecule has 1 atom stereocenters. The number of hydrogen-bond acceptors (Lipinski definition) is 4. The molecule has 88 valence electrons. The number of thioether (sulfide) groups is 1. The van der Waals surface area contributed by atoms with E-state index < -0.39 is 11.9 Å². The molecule has 0 bridgehead atoms. The van der Waals surface area contributed by atoms with Crippen molar-refractivity contribution >= 4 is 17.7 Å². The van der Waals surface area contributed by atoms with Crippen LogP contribution >= 0.6 is 11.8 Å². The fourth-order valence-corrected chi connectivity index (χ4v) is 2.23. The van der Waals surface area contributed by atoms with Crippen molar-refractivity contribution in [1.29, 1.82) is 0 Å². The van der Waals surface area contributed by atoms with Crippen LogP contribution in [0.1, 0.15) is 17.0 Å². The molecule has 0 aliphatic heterocycles. The summed E-state index contributed by atoms with van der Waals surface area (Å²) in [6, 6.07) is 3.27. The summed E-state index contributed by atoms with van der Waals surface area (Å²) in [4.78, 5) is 11.9. The molecule has 1 aromatic rings. The molecule has 0 saturated carbocycles. The van der Waals surface area contributed by atoms with E-state index in [1.807, 2.05) is 6.26 Å². The minimum Gasteiger partial charge on any atom is -0.508 e. The first kappa shape index (κ1) is 12.9. The second-order valence-corrected chi connectivity index (χ2v) is 4.36. The van der Waals surface area contributed by atoms with E-state index in [-0.39, 0.29) is 12.3 Å². The highest BCUT2D eigenvalue weighted by molar-refractivity contribution is 7.98. The van der Waals surface area contributed by atoms with Gasteiger partial charge >= 0.3 is 5.97 Å². The SMILES string of the molecule is CSc1cc(C)c(O)cc1C(CN)C(=O)O. The lowest BCUT2D eigenvalue weighted by atomic mass is 9.97. The highest BCUT2D eigenvalue weighted by Gasteiger charge is 2.22. The maximum atomic E-state index is 11.0. The molecule has 1 aromatic carbocycles. The summed E-state index contributed by atoms with van der Waals surface area (Å²) in [7, 11) is 0. The Morgan fingerprint density at radius 2 is 2.19 bits per heavy atom. The summed E-state index contributed by atoms with van der Waals surface area (Å²) >= 11 is 1.45. The van der Waals surface area contributed by atoms with Gasteiger partial charge in [-0.2, -0.15) is 0 Å². The average Bonchev–Trinajstić information content (AvgIpc) is 2.23. The van der Waals surface area contributed by atoms with Crippen molar-refractivity contribution in [2.24, 2.45) is 5.73 Å².